The number of hydrogen-bond donors (Lipinski definition) is 0. The largest absolute Gasteiger partial charge is 0.299 e. The van der Waals surface area contributed by atoms with Gasteiger partial charge in [-0.15, -0.1) is 0 Å². The van der Waals surface area contributed by atoms with Gasteiger partial charge in [-0.05, 0) is 37.5 Å². The second-order valence-electron chi connectivity index (χ2n) is 5.54. The van der Waals surface area contributed by atoms with E-state index >= 15 is 0 Å². The standard InChI is InChI=1S/C12H14O2/c13-11-5-1-2-6-9(5)10-7(11)3-4-8(10)12(6)14/h5-10H,1-4H2. The van der Waals surface area contributed by atoms with E-state index in [-0.39, 0.29) is 0 Å². The Labute approximate surface area is 83.1 Å². The van der Waals surface area contributed by atoms with Gasteiger partial charge in [-0.2, -0.15) is 0 Å². The van der Waals surface area contributed by atoms with Crippen molar-refractivity contribution in [1.29, 1.82) is 0 Å². The normalized spacial score (nSPS) is 58.6. The van der Waals surface area contributed by atoms with Crippen LogP contribution in [0, 0.1) is 35.5 Å². The molecule has 0 heterocycles. The molecule has 0 amide bonds. The summed E-state index contributed by atoms with van der Waals surface area (Å²) in [6.07, 6.45) is 4.05. The van der Waals surface area contributed by atoms with Crippen molar-refractivity contribution in [3.05, 3.63) is 0 Å². The van der Waals surface area contributed by atoms with Crippen molar-refractivity contribution in [2.45, 2.75) is 25.7 Å². The quantitative estimate of drug-likeness (QED) is 0.579. The molecule has 0 aromatic rings. The summed E-state index contributed by atoms with van der Waals surface area (Å²) in [6, 6.07) is 0. The summed E-state index contributed by atoms with van der Waals surface area (Å²) in [7, 11) is 0. The van der Waals surface area contributed by atoms with Crippen molar-refractivity contribution in [2.75, 3.05) is 0 Å². The Hall–Kier alpha value is -0.660. The van der Waals surface area contributed by atoms with E-state index in [4.69, 9.17) is 0 Å². The lowest BCUT2D eigenvalue weighted by molar-refractivity contribution is -0.125. The predicted molar refractivity (Wildman–Crippen MR) is 49.4 cm³/mol. The lowest BCUT2D eigenvalue weighted by atomic mass is 9.90. The van der Waals surface area contributed by atoms with E-state index in [1.54, 1.807) is 0 Å². The monoisotopic (exact) mass is 190 g/mol. The van der Waals surface area contributed by atoms with Gasteiger partial charge in [-0.1, -0.05) is 0 Å². The van der Waals surface area contributed by atoms with Crippen LogP contribution in [-0.4, -0.2) is 11.6 Å². The van der Waals surface area contributed by atoms with Gasteiger partial charge in [0.05, 0.1) is 0 Å². The molecule has 14 heavy (non-hydrogen) atoms. The van der Waals surface area contributed by atoms with Crippen LogP contribution in [0.3, 0.4) is 0 Å². The highest BCUT2D eigenvalue weighted by Crippen LogP contribution is 2.64. The van der Waals surface area contributed by atoms with Crippen molar-refractivity contribution < 1.29 is 9.59 Å². The number of carbonyl (C=O) groups is 2. The molecule has 0 radical (unpaired) electrons. The van der Waals surface area contributed by atoms with E-state index in [2.05, 4.69) is 0 Å². The molecule has 4 aliphatic rings. The lowest BCUT2D eigenvalue weighted by Crippen LogP contribution is -2.16. The van der Waals surface area contributed by atoms with Crippen molar-refractivity contribution in [2.24, 2.45) is 35.5 Å². The summed E-state index contributed by atoms with van der Waals surface area (Å²) in [5.74, 6) is 3.22. The van der Waals surface area contributed by atoms with Crippen molar-refractivity contribution >= 4 is 11.6 Å². The Bertz CT molecular complexity index is 284. The minimum atomic E-state index is 0.296. The molecule has 2 heteroatoms. The maximum absolute atomic E-state index is 12.0. The molecule has 2 nitrogen and oxygen atoms in total. The zero-order chi connectivity index (χ0) is 9.45. The third-order valence-corrected chi connectivity index (χ3v) is 5.34. The van der Waals surface area contributed by atoms with E-state index in [0.717, 1.165) is 25.7 Å². The summed E-state index contributed by atoms with van der Waals surface area (Å²) in [4.78, 5) is 24.1. The molecule has 0 saturated heterocycles. The van der Waals surface area contributed by atoms with E-state index < -0.39 is 0 Å². The van der Waals surface area contributed by atoms with Crippen LogP contribution in [0.4, 0.5) is 0 Å². The molecule has 74 valence electrons. The van der Waals surface area contributed by atoms with Gasteiger partial charge in [0.25, 0.3) is 0 Å². The van der Waals surface area contributed by atoms with Gasteiger partial charge in [0, 0.05) is 23.7 Å². The summed E-state index contributed by atoms with van der Waals surface area (Å²) in [5.41, 5.74) is 0. The number of ketones is 2. The van der Waals surface area contributed by atoms with Crippen LogP contribution >= 0.6 is 0 Å². The van der Waals surface area contributed by atoms with E-state index in [1.807, 2.05) is 0 Å². The molecular weight excluding hydrogens is 176 g/mol. The smallest absolute Gasteiger partial charge is 0.139 e. The highest BCUT2D eigenvalue weighted by molar-refractivity contribution is 5.96. The maximum Gasteiger partial charge on any atom is 0.139 e. The highest BCUT2D eigenvalue weighted by Gasteiger charge is 2.66. The van der Waals surface area contributed by atoms with Gasteiger partial charge in [0.2, 0.25) is 0 Å². The minimum Gasteiger partial charge on any atom is -0.299 e. The van der Waals surface area contributed by atoms with E-state index in [1.165, 1.54) is 0 Å². The summed E-state index contributed by atoms with van der Waals surface area (Å²) in [5, 5.41) is 0. The zero-order valence-electron chi connectivity index (χ0n) is 8.11. The van der Waals surface area contributed by atoms with Crippen LogP contribution in [0.15, 0.2) is 0 Å². The molecular formula is C12H14O2. The SMILES string of the molecule is O=C1C2CCC3C(=O)C4CCC1C4C23. The topological polar surface area (TPSA) is 34.1 Å². The van der Waals surface area contributed by atoms with Gasteiger partial charge in [-0.25, -0.2) is 0 Å². The Balaban J connectivity index is 1.89. The van der Waals surface area contributed by atoms with Crippen molar-refractivity contribution in [3.8, 4) is 0 Å². The predicted octanol–water partition coefficient (Wildman–Crippen LogP) is 1.44. The third-order valence-electron chi connectivity index (χ3n) is 5.34. The van der Waals surface area contributed by atoms with Crippen molar-refractivity contribution in [3.63, 3.8) is 0 Å². The van der Waals surface area contributed by atoms with Crippen LogP contribution in [0.1, 0.15) is 25.7 Å². The van der Waals surface area contributed by atoms with E-state index in [9.17, 15) is 9.59 Å². The summed E-state index contributed by atoms with van der Waals surface area (Å²) >= 11 is 0. The first-order valence-electron chi connectivity index (χ1n) is 5.86. The molecule has 4 rings (SSSR count). The zero-order valence-corrected chi connectivity index (χ0v) is 8.11. The molecule has 0 spiro atoms. The van der Waals surface area contributed by atoms with Gasteiger partial charge in [0.15, 0.2) is 0 Å². The van der Waals surface area contributed by atoms with Crippen molar-refractivity contribution in [1.82, 2.24) is 0 Å². The first-order chi connectivity index (χ1) is 6.79. The number of rotatable bonds is 0. The molecule has 4 fully saturated rings. The fourth-order valence-corrected chi connectivity index (χ4v) is 5.00. The Kier molecular flexibility index (Phi) is 1.15. The number of hydrogen-bond acceptors (Lipinski definition) is 2. The van der Waals surface area contributed by atoms with Crippen LogP contribution in [-0.2, 0) is 9.59 Å². The van der Waals surface area contributed by atoms with Crippen LogP contribution in [0.5, 0.6) is 0 Å². The van der Waals surface area contributed by atoms with Gasteiger partial charge < -0.3 is 0 Å². The molecule has 4 saturated carbocycles. The lowest BCUT2D eigenvalue weighted by Gasteiger charge is -2.12. The molecule has 0 N–H and O–H groups in total. The molecule has 0 aliphatic heterocycles. The fraction of sp³-hybridized carbons (Fsp3) is 0.833. The number of Topliss-reactive ketones (excluding diaryl/α,β-unsaturated/α-hetero) is 2. The van der Waals surface area contributed by atoms with Gasteiger partial charge >= 0.3 is 0 Å². The molecule has 0 bridgehead atoms. The average Bonchev–Trinajstić information content (AvgIpc) is 2.83. The molecule has 4 atom stereocenters. The van der Waals surface area contributed by atoms with Gasteiger partial charge in [0.1, 0.15) is 11.6 Å². The summed E-state index contributed by atoms with van der Waals surface area (Å²) in [6.45, 7) is 0. The number of carbonyl (C=O) groups excluding carboxylic acids is 2. The molecule has 4 unspecified atom stereocenters. The van der Waals surface area contributed by atoms with E-state index in [0.29, 0.717) is 47.1 Å². The maximum atomic E-state index is 12.0. The first kappa shape index (κ1) is 7.61. The van der Waals surface area contributed by atoms with Crippen LogP contribution in [0.25, 0.3) is 0 Å². The van der Waals surface area contributed by atoms with Crippen LogP contribution < -0.4 is 0 Å². The second kappa shape index (κ2) is 2.12. The van der Waals surface area contributed by atoms with Crippen LogP contribution in [0.2, 0.25) is 0 Å². The Morgan fingerprint density at radius 3 is 1.21 bits per heavy atom. The third kappa shape index (κ3) is 0.590. The van der Waals surface area contributed by atoms with Gasteiger partial charge in [-0.3, -0.25) is 9.59 Å². The summed E-state index contributed by atoms with van der Waals surface area (Å²) < 4.78 is 0. The molecule has 0 aromatic heterocycles. The highest BCUT2D eigenvalue weighted by atomic mass is 16.1. The average molecular weight is 190 g/mol. The fourth-order valence-electron chi connectivity index (χ4n) is 5.00. The minimum absolute atomic E-state index is 0.296. The second-order valence-corrected chi connectivity index (χ2v) is 5.54. The Morgan fingerprint density at radius 2 is 0.929 bits per heavy atom. The Morgan fingerprint density at radius 1 is 0.643 bits per heavy atom. The molecule has 4 aliphatic carbocycles. The first-order valence-corrected chi connectivity index (χ1v) is 5.86. The molecule has 0 aromatic carbocycles.